The second kappa shape index (κ2) is 11.1. The molecule has 3 aromatic heterocycles. The second-order valence-electron chi connectivity index (χ2n) is 8.46. The number of alkyl halides is 3. The van der Waals surface area contributed by atoms with Crippen molar-refractivity contribution < 1.29 is 31.5 Å². The number of nitrogen functional groups attached to an aromatic ring is 1. The number of nitrogens with zero attached hydrogens (tertiary/aromatic N) is 4. The smallest absolute Gasteiger partial charge is 0.475 e. The number of fused-ring (bicyclic) bond motifs is 2. The summed E-state index contributed by atoms with van der Waals surface area (Å²) in [7, 11) is -3.83. The number of carboxylic acid groups (broad SMARTS) is 1. The summed E-state index contributed by atoms with van der Waals surface area (Å²) in [6.45, 7) is 2.91. The highest BCUT2D eigenvalue weighted by Gasteiger charge is 2.38. The van der Waals surface area contributed by atoms with Crippen molar-refractivity contribution in [3.05, 3.63) is 69.9 Å². The van der Waals surface area contributed by atoms with Crippen LogP contribution in [-0.4, -0.2) is 51.5 Å². The van der Waals surface area contributed by atoms with Crippen LogP contribution in [0.15, 0.2) is 53.0 Å². The molecule has 206 valence electrons. The number of aryl methyl sites for hydroxylation is 1. The zero-order valence-electron chi connectivity index (χ0n) is 20.4. The van der Waals surface area contributed by atoms with Crippen LogP contribution in [0.4, 0.5) is 24.7 Å². The Kier molecular flexibility index (Phi) is 8.04. The molecule has 15 heteroatoms. The van der Waals surface area contributed by atoms with Crippen molar-refractivity contribution in [2.24, 2.45) is 0 Å². The first-order valence-electron chi connectivity index (χ1n) is 11.4. The average molecular weight is 581 g/mol. The quantitative estimate of drug-likeness (QED) is 0.318. The Hall–Kier alpha value is -3.82. The van der Waals surface area contributed by atoms with Crippen LogP contribution < -0.4 is 11.1 Å². The van der Waals surface area contributed by atoms with Gasteiger partial charge in [0.15, 0.2) is 0 Å². The van der Waals surface area contributed by atoms with Gasteiger partial charge in [0.25, 0.3) is 0 Å². The standard InChI is InChI=1S/C22H22N6O2S2.C2HF3O2/c1-14-20(31-13-26-14)11-25-22-21(10-15-4-2-3-5-18(15)27-22)32(29,30)28-9-7-19-16(12-28)17(23)6-8-24-19;3-2(4,5)1(6)7/h2-6,8,10,13H,7,9,11-12H2,1H3,(H2,23,24)(H,25,27);(H,6,7). The predicted molar refractivity (Wildman–Crippen MR) is 140 cm³/mol. The average Bonchev–Trinajstić information content (AvgIpc) is 3.31. The van der Waals surface area contributed by atoms with Gasteiger partial charge in [0, 0.05) is 52.9 Å². The summed E-state index contributed by atoms with van der Waals surface area (Å²) in [5, 5.41) is 11.1. The Morgan fingerprint density at radius 3 is 2.62 bits per heavy atom. The molecule has 0 amide bonds. The van der Waals surface area contributed by atoms with Gasteiger partial charge >= 0.3 is 12.1 Å². The van der Waals surface area contributed by atoms with Gasteiger partial charge in [0.1, 0.15) is 10.7 Å². The number of carbonyl (C=O) groups is 1. The summed E-state index contributed by atoms with van der Waals surface area (Å²) in [6, 6.07) is 10.9. The van der Waals surface area contributed by atoms with Crippen LogP contribution in [0.25, 0.3) is 10.9 Å². The largest absolute Gasteiger partial charge is 0.490 e. The Morgan fingerprint density at radius 2 is 1.95 bits per heavy atom. The van der Waals surface area contributed by atoms with Gasteiger partial charge in [-0.2, -0.15) is 17.5 Å². The summed E-state index contributed by atoms with van der Waals surface area (Å²) in [6.07, 6.45) is -2.90. The molecule has 4 N–H and O–H groups in total. The highest BCUT2D eigenvalue weighted by molar-refractivity contribution is 7.89. The van der Waals surface area contributed by atoms with Crippen LogP contribution in [-0.2, 0) is 34.3 Å². The molecule has 0 spiro atoms. The fourth-order valence-electron chi connectivity index (χ4n) is 3.86. The number of thiazole rings is 1. The van der Waals surface area contributed by atoms with Crippen LogP contribution >= 0.6 is 11.3 Å². The maximum atomic E-state index is 13.8. The van der Waals surface area contributed by atoms with E-state index in [9.17, 15) is 21.6 Å². The summed E-state index contributed by atoms with van der Waals surface area (Å²) >= 11 is 1.53. The van der Waals surface area contributed by atoms with Gasteiger partial charge in [-0.25, -0.2) is 23.2 Å². The molecule has 0 aliphatic carbocycles. The zero-order chi connectivity index (χ0) is 28.4. The number of aromatic nitrogens is 3. The first-order chi connectivity index (χ1) is 18.4. The number of hydrogen-bond donors (Lipinski definition) is 3. The number of sulfonamides is 1. The van der Waals surface area contributed by atoms with E-state index in [2.05, 4.69) is 20.3 Å². The van der Waals surface area contributed by atoms with E-state index >= 15 is 0 Å². The first kappa shape index (κ1) is 28.2. The molecule has 1 aliphatic rings. The lowest BCUT2D eigenvalue weighted by atomic mass is 10.1. The predicted octanol–water partition coefficient (Wildman–Crippen LogP) is 3.97. The maximum Gasteiger partial charge on any atom is 0.490 e. The van der Waals surface area contributed by atoms with Crippen molar-refractivity contribution in [3.8, 4) is 0 Å². The number of nitrogens with two attached hydrogens (primary N) is 1. The number of carboxylic acids is 1. The Bertz CT molecular complexity index is 1630. The number of aliphatic carboxylic acids is 1. The zero-order valence-corrected chi connectivity index (χ0v) is 22.1. The van der Waals surface area contributed by atoms with Crippen LogP contribution in [0.2, 0.25) is 0 Å². The Labute approximate surface area is 225 Å². The molecule has 1 aliphatic heterocycles. The molecule has 0 bridgehead atoms. The molecule has 0 unspecified atom stereocenters. The SMILES string of the molecule is Cc1ncsc1CNc1nc2ccccc2cc1S(=O)(=O)N1CCc2nccc(N)c2C1.O=C(O)C(F)(F)F. The van der Waals surface area contributed by atoms with Crippen LogP contribution in [0.3, 0.4) is 0 Å². The van der Waals surface area contributed by atoms with Crippen LogP contribution in [0.5, 0.6) is 0 Å². The third-order valence-electron chi connectivity index (χ3n) is 5.92. The summed E-state index contributed by atoms with van der Waals surface area (Å²) in [4.78, 5) is 23.4. The number of benzene rings is 1. The molecule has 4 aromatic rings. The minimum Gasteiger partial charge on any atom is -0.475 e. The number of hydrogen-bond acceptors (Lipinski definition) is 9. The van der Waals surface area contributed by atoms with Gasteiger partial charge in [-0.3, -0.25) is 4.98 Å². The molecule has 0 atom stereocenters. The molecule has 1 aromatic carbocycles. The topological polar surface area (TPSA) is 151 Å². The summed E-state index contributed by atoms with van der Waals surface area (Å²) in [5.41, 5.74) is 11.7. The van der Waals surface area contributed by atoms with Crippen molar-refractivity contribution in [3.63, 3.8) is 0 Å². The van der Waals surface area contributed by atoms with Gasteiger partial charge in [0.05, 0.1) is 23.3 Å². The van der Waals surface area contributed by atoms with Gasteiger partial charge in [-0.1, -0.05) is 18.2 Å². The van der Waals surface area contributed by atoms with Crippen LogP contribution in [0, 0.1) is 6.92 Å². The van der Waals surface area contributed by atoms with Crippen molar-refractivity contribution in [2.45, 2.75) is 37.5 Å². The number of halogens is 3. The molecular weight excluding hydrogens is 557 g/mol. The molecule has 0 fully saturated rings. The normalized spacial score (nSPS) is 13.8. The molecule has 39 heavy (non-hydrogen) atoms. The fourth-order valence-corrected chi connectivity index (χ4v) is 6.12. The minimum atomic E-state index is -5.08. The maximum absolute atomic E-state index is 13.8. The van der Waals surface area contributed by atoms with Crippen molar-refractivity contribution in [2.75, 3.05) is 17.6 Å². The number of rotatable bonds is 5. The number of para-hydroxylation sites is 1. The molecule has 4 heterocycles. The van der Waals surface area contributed by atoms with E-state index in [1.165, 1.54) is 15.6 Å². The van der Waals surface area contributed by atoms with Gasteiger partial charge < -0.3 is 16.2 Å². The highest BCUT2D eigenvalue weighted by atomic mass is 32.2. The molecule has 10 nitrogen and oxygen atoms in total. The third-order valence-corrected chi connectivity index (χ3v) is 8.72. The first-order valence-corrected chi connectivity index (χ1v) is 13.7. The molecule has 0 radical (unpaired) electrons. The van der Waals surface area contributed by atoms with E-state index in [0.717, 1.165) is 32.7 Å². The molecule has 5 rings (SSSR count). The molecule has 0 saturated carbocycles. The van der Waals surface area contributed by atoms with Gasteiger partial charge in [-0.05, 0) is 25.1 Å². The summed E-state index contributed by atoms with van der Waals surface area (Å²) in [5.74, 6) is -2.42. The highest BCUT2D eigenvalue weighted by Crippen LogP contribution is 2.32. The lowest BCUT2D eigenvalue weighted by molar-refractivity contribution is -0.192. The van der Waals surface area contributed by atoms with E-state index < -0.39 is 22.2 Å². The van der Waals surface area contributed by atoms with Gasteiger partial charge in [-0.15, -0.1) is 11.3 Å². The van der Waals surface area contributed by atoms with E-state index in [-0.39, 0.29) is 11.4 Å². The van der Waals surface area contributed by atoms with E-state index in [1.54, 1.807) is 23.8 Å². The number of nitrogens with one attached hydrogen (secondary N) is 1. The van der Waals surface area contributed by atoms with Crippen molar-refractivity contribution >= 4 is 49.7 Å². The minimum absolute atomic E-state index is 0.157. The Balaban J connectivity index is 0.000000448. The van der Waals surface area contributed by atoms with E-state index in [4.69, 9.17) is 15.6 Å². The fraction of sp³-hybridized carbons (Fsp3) is 0.250. The third kappa shape index (κ3) is 6.26. The number of pyridine rings is 2. The lowest BCUT2D eigenvalue weighted by Crippen LogP contribution is -2.37. The van der Waals surface area contributed by atoms with Gasteiger partial charge in [0.2, 0.25) is 10.0 Å². The molecule has 0 saturated heterocycles. The monoisotopic (exact) mass is 580 g/mol. The van der Waals surface area contributed by atoms with Crippen molar-refractivity contribution in [1.82, 2.24) is 19.3 Å². The van der Waals surface area contributed by atoms with Crippen LogP contribution in [0.1, 0.15) is 21.8 Å². The number of anilines is 2. The lowest BCUT2D eigenvalue weighted by Gasteiger charge is -2.29. The van der Waals surface area contributed by atoms with E-state index in [0.29, 0.717) is 31.0 Å². The second-order valence-corrected chi connectivity index (χ2v) is 11.3. The molecular formula is C24H23F3N6O4S2. The van der Waals surface area contributed by atoms with E-state index in [1.807, 2.05) is 31.2 Å². The Morgan fingerprint density at radius 1 is 1.23 bits per heavy atom. The summed E-state index contributed by atoms with van der Waals surface area (Å²) < 4.78 is 60.7. The van der Waals surface area contributed by atoms with Crippen molar-refractivity contribution in [1.29, 1.82) is 0 Å².